The van der Waals surface area contributed by atoms with Crippen LogP contribution in [0.5, 0.6) is 0 Å². The summed E-state index contributed by atoms with van der Waals surface area (Å²) in [5.74, 6) is 0.890. The van der Waals surface area contributed by atoms with Crippen molar-refractivity contribution in [2.24, 2.45) is 0 Å². The summed E-state index contributed by atoms with van der Waals surface area (Å²) in [4.78, 5) is 13.0. The number of carbonyl (C=O) groups excluding carboxylic acids is 1. The lowest BCUT2D eigenvalue weighted by molar-refractivity contribution is 0.0989. The van der Waals surface area contributed by atoms with E-state index in [0.717, 1.165) is 15.7 Å². The summed E-state index contributed by atoms with van der Waals surface area (Å²) in [5, 5.41) is 1.37. The molecule has 2 rings (SSSR count). The van der Waals surface area contributed by atoms with E-state index in [9.17, 15) is 4.79 Å². The molecule has 0 fully saturated rings. The standard InChI is InChI=1S/C15H12Cl2OS/c16-12-3-1-11(2-4-12)15(18)9-10-19-14-7-5-13(17)6-8-14/h1-8H,9-10H2. The van der Waals surface area contributed by atoms with Crippen molar-refractivity contribution in [1.82, 2.24) is 0 Å². The van der Waals surface area contributed by atoms with Crippen LogP contribution >= 0.6 is 35.0 Å². The number of rotatable bonds is 5. The van der Waals surface area contributed by atoms with E-state index in [1.807, 2.05) is 24.3 Å². The Morgan fingerprint density at radius 1 is 0.895 bits per heavy atom. The number of Topliss-reactive ketones (excluding diaryl/α,β-unsaturated/α-hetero) is 1. The van der Waals surface area contributed by atoms with E-state index in [1.54, 1.807) is 36.0 Å². The van der Waals surface area contributed by atoms with Crippen molar-refractivity contribution in [2.75, 3.05) is 5.75 Å². The lowest BCUT2D eigenvalue weighted by atomic mass is 10.1. The van der Waals surface area contributed by atoms with Crippen molar-refractivity contribution in [2.45, 2.75) is 11.3 Å². The fourth-order valence-corrected chi connectivity index (χ4v) is 2.68. The molecule has 1 nitrogen and oxygen atoms in total. The Bertz CT molecular complexity index is 549. The van der Waals surface area contributed by atoms with Crippen molar-refractivity contribution >= 4 is 40.7 Å². The highest BCUT2D eigenvalue weighted by molar-refractivity contribution is 7.99. The van der Waals surface area contributed by atoms with Gasteiger partial charge in [0.05, 0.1) is 0 Å². The van der Waals surface area contributed by atoms with Gasteiger partial charge in [-0.1, -0.05) is 23.2 Å². The van der Waals surface area contributed by atoms with E-state index >= 15 is 0 Å². The van der Waals surface area contributed by atoms with Crippen LogP contribution in [0.25, 0.3) is 0 Å². The molecule has 0 spiro atoms. The van der Waals surface area contributed by atoms with E-state index in [-0.39, 0.29) is 5.78 Å². The minimum atomic E-state index is 0.137. The van der Waals surface area contributed by atoms with Gasteiger partial charge in [0.1, 0.15) is 0 Å². The smallest absolute Gasteiger partial charge is 0.163 e. The van der Waals surface area contributed by atoms with Gasteiger partial charge in [-0.3, -0.25) is 4.79 Å². The van der Waals surface area contributed by atoms with Gasteiger partial charge in [-0.05, 0) is 48.5 Å². The lowest BCUT2D eigenvalue weighted by Crippen LogP contribution is -2.00. The van der Waals surface area contributed by atoms with E-state index < -0.39 is 0 Å². The van der Waals surface area contributed by atoms with Crippen LogP contribution < -0.4 is 0 Å². The average molecular weight is 311 g/mol. The summed E-state index contributed by atoms with van der Waals surface area (Å²) in [6, 6.07) is 14.6. The van der Waals surface area contributed by atoms with Crippen LogP contribution in [0.2, 0.25) is 10.0 Å². The highest BCUT2D eigenvalue weighted by Gasteiger charge is 2.05. The molecule has 0 amide bonds. The molecule has 0 unspecified atom stereocenters. The summed E-state index contributed by atoms with van der Waals surface area (Å²) in [5.41, 5.74) is 0.709. The number of thioether (sulfide) groups is 1. The van der Waals surface area contributed by atoms with Gasteiger partial charge in [-0.2, -0.15) is 0 Å². The predicted octanol–water partition coefficient (Wildman–Crippen LogP) is 5.36. The molecular weight excluding hydrogens is 299 g/mol. The zero-order valence-corrected chi connectivity index (χ0v) is 12.4. The number of hydrogen-bond acceptors (Lipinski definition) is 2. The molecule has 0 bridgehead atoms. The van der Waals surface area contributed by atoms with E-state index in [4.69, 9.17) is 23.2 Å². The molecule has 0 aliphatic carbocycles. The van der Waals surface area contributed by atoms with Gasteiger partial charge in [0.15, 0.2) is 5.78 Å². The third-order valence-corrected chi connectivity index (χ3v) is 4.10. The number of ketones is 1. The Morgan fingerprint density at radius 3 is 2.00 bits per heavy atom. The number of hydrogen-bond donors (Lipinski definition) is 0. The molecule has 4 heteroatoms. The summed E-state index contributed by atoms with van der Waals surface area (Å²) in [6.07, 6.45) is 0.509. The zero-order chi connectivity index (χ0) is 13.7. The first-order valence-corrected chi connectivity index (χ1v) is 7.56. The Hall–Kier alpha value is -0.960. The summed E-state index contributed by atoms with van der Waals surface area (Å²) in [7, 11) is 0. The molecule has 0 heterocycles. The number of halogens is 2. The monoisotopic (exact) mass is 310 g/mol. The van der Waals surface area contributed by atoms with Gasteiger partial charge in [-0.15, -0.1) is 11.8 Å². The van der Waals surface area contributed by atoms with Crippen LogP contribution in [0.1, 0.15) is 16.8 Å². The fourth-order valence-electron chi connectivity index (χ4n) is 1.57. The second-order valence-electron chi connectivity index (χ2n) is 3.98. The normalized spacial score (nSPS) is 10.4. The predicted molar refractivity (Wildman–Crippen MR) is 82.6 cm³/mol. The fraction of sp³-hybridized carbons (Fsp3) is 0.133. The summed E-state index contributed by atoms with van der Waals surface area (Å²) >= 11 is 13.3. The third-order valence-electron chi connectivity index (χ3n) is 2.58. The molecule has 0 atom stereocenters. The summed E-state index contributed by atoms with van der Waals surface area (Å²) in [6.45, 7) is 0. The largest absolute Gasteiger partial charge is 0.294 e. The molecular formula is C15H12Cl2OS. The second kappa shape index (κ2) is 6.99. The van der Waals surface area contributed by atoms with Crippen LogP contribution in [-0.4, -0.2) is 11.5 Å². The first kappa shape index (κ1) is 14.4. The van der Waals surface area contributed by atoms with Gasteiger partial charge in [0.2, 0.25) is 0 Å². The maximum absolute atomic E-state index is 11.9. The van der Waals surface area contributed by atoms with Crippen molar-refractivity contribution in [1.29, 1.82) is 0 Å². The molecule has 0 radical (unpaired) electrons. The molecule has 0 saturated heterocycles. The van der Waals surface area contributed by atoms with Gasteiger partial charge >= 0.3 is 0 Å². The van der Waals surface area contributed by atoms with Gasteiger partial charge in [0, 0.05) is 32.7 Å². The quantitative estimate of drug-likeness (QED) is 0.546. The van der Waals surface area contributed by atoms with Crippen LogP contribution in [0.4, 0.5) is 0 Å². The second-order valence-corrected chi connectivity index (χ2v) is 6.02. The van der Waals surface area contributed by atoms with E-state index in [2.05, 4.69) is 0 Å². The minimum absolute atomic E-state index is 0.137. The highest BCUT2D eigenvalue weighted by atomic mass is 35.5. The van der Waals surface area contributed by atoms with Crippen molar-refractivity contribution in [3.8, 4) is 0 Å². The van der Waals surface area contributed by atoms with Crippen LogP contribution in [0.3, 0.4) is 0 Å². The average Bonchev–Trinajstić information content (AvgIpc) is 2.41. The van der Waals surface area contributed by atoms with Crippen LogP contribution in [-0.2, 0) is 0 Å². The molecule has 98 valence electrons. The maximum atomic E-state index is 11.9. The lowest BCUT2D eigenvalue weighted by Gasteiger charge is -2.02. The SMILES string of the molecule is O=C(CCSc1ccc(Cl)cc1)c1ccc(Cl)cc1. The minimum Gasteiger partial charge on any atom is -0.294 e. The number of benzene rings is 2. The Labute approximate surface area is 126 Å². The van der Waals surface area contributed by atoms with Crippen LogP contribution in [0.15, 0.2) is 53.4 Å². The molecule has 0 aliphatic heterocycles. The maximum Gasteiger partial charge on any atom is 0.163 e. The molecule has 19 heavy (non-hydrogen) atoms. The van der Waals surface area contributed by atoms with Crippen molar-refractivity contribution in [3.05, 3.63) is 64.1 Å². The zero-order valence-electron chi connectivity index (χ0n) is 10.1. The van der Waals surface area contributed by atoms with Gasteiger partial charge in [-0.25, -0.2) is 0 Å². The molecule has 0 N–H and O–H groups in total. The van der Waals surface area contributed by atoms with Crippen molar-refractivity contribution < 1.29 is 4.79 Å². The molecule has 2 aromatic carbocycles. The highest BCUT2D eigenvalue weighted by Crippen LogP contribution is 2.21. The molecule has 2 aromatic rings. The van der Waals surface area contributed by atoms with Gasteiger partial charge in [0.25, 0.3) is 0 Å². The van der Waals surface area contributed by atoms with E-state index in [0.29, 0.717) is 17.0 Å². The Balaban J connectivity index is 1.84. The van der Waals surface area contributed by atoms with E-state index in [1.165, 1.54) is 0 Å². The Kier molecular flexibility index (Phi) is 5.32. The third kappa shape index (κ3) is 4.57. The van der Waals surface area contributed by atoms with Crippen molar-refractivity contribution in [3.63, 3.8) is 0 Å². The molecule has 0 aromatic heterocycles. The van der Waals surface area contributed by atoms with Crippen LogP contribution in [0, 0.1) is 0 Å². The van der Waals surface area contributed by atoms with Gasteiger partial charge < -0.3 is 0 Å². The number of carbonyl (C=O) groups is 1. The molecule has 0 saturated carbocycles. The first-order valence-electron chi connectivity index (χ1n) is 5.82. The summed E-state index contributed by atoms with van der Waals surface area (Å²) < 4.78 is 0. The molecule has 0 aliphatic rings. The topological polar surface area (TPSA) is 17.1 Å². The Morgan fingerprint density at radius 2 is 1.42 bits per heavy atom. The first-order chi connectivity index (χ1) is 9.15.